The third-order valence-electron chi connectivity index (χ3n) is 14.4. The summed E-state index contributed by atoms with van der Waals surface area (Å²) in [5.74, 6) is -4.83. The molecule has 0 bridgehead atoms. The number of nitrogens with two attached hydrogens (primary N) is 10. The molecule has 33 heteroatoms. The Bertz CT molecular complexity index is 4740. The van der Waals surface area contributed by atoms with Crippen LogP contribution < -0.4 is 83.9 Å². The van der Waals surface area contributed by atoms with Crippen LogP contribution in [0.5, 0.6) is 23.0 Å². The first-order valence-electron chi connectivity index (χ1n) is 29.5. The summed E-state index contributed by atoms with van der Waals surface area (Å²) < 4.78 is 100. The van der Waals surface area contributed by atoms with Gasteiger partial charge in [-0.05, 0) is 190 Å². The number of phenols is 4. The highest BCUT2D eigenvalue weighted by molar-refractivity contribution is 7.80. The lowest BCUT2D eigenvalue weighted by molar-refractivity contribution is -0.138. The Kier molecular flexibility index (Phi) is 25.5. The van der Waals surface area contributed by atoms with E-state index in [1.165, 1.54) is 84.9 Å². The van der Waals surface area contributed by atoms with Crippen molar-refractivity contribution in [3.8, 4) is 23.0 Å². The average molecular weight is 1450 g/mol. The van der Waals surface area contributed by atoms with Crippen LogP contribution in [0.15, 0.2) is 175 Å². The first-order valence-corrected chi connectivity index (χ1v) is 30.0. The highest BCUT2D eigenvalue weighted by atomic mass is 32.1. The number of halogens is 8. The number of carbonyl (C=O) groups is 5. The zero-order valence-corrected chi connectivity index (χ0v) is 55.1. The summed E-state index contributed by atoms with van der Waals surface area (Å²) in [5, 5.41) is 51.6. The van der Waals surface area contributed by atoms with Crippen molar-refractivity contribution in [1.29, 1.82) is 0 Å². The Morgan fingerprint density at radius 1 is 0.340 bits per heavy atom. The number of nitrogen functional groups attached to an aromatic ring is 10. The van der Waals surface area contributed by atoms with E-state index >= 15 is 0 Å². The lowest BCUT2D eigenvalue weighted by atomic mass is 10.1. The molecule has 0 spiro atoms. The minimum absolute atomic E-state index is 0.00611. The summed E-state index contributed by atoms with van der Waals surface area (Å²) in [4.78, 5) is 60.6. The maximum atomic E-state index is 12.8. The molecule has 103 heavy (non-hydrogen) atoms. The van der Waals surface area contributed by atoms with Crippen LogP contribution in [0.2, 0.25) is 0 Å². The maximum Gasteiger partial charge on any atom is 0.416 e. The third kappa shape index (κ3) is 21.3. The van der Waals surface area contributed by atoms with Crippen LogP contribution in [-0.4, -0.2) is 50.0 Å². The van der Waals surface area contributed by atoms with Crippen molar-refractivity contribution in [2.75, 3.05) is 83.9 Å². The number of hydrogen-bond acceptors (Lipinski definition) is 20. The second kappa shape index (κ2) is 33.4. The van der Waals surface area contributed by atoms with E-state index in [2.05, 4.69) is 39.2 Å². The first-order chi connectivity index (χ1) is 48.1. The fourth-order valence-electron chi connectivity index (χ4n) is 8.71. The molecule has 0 fully saturated rings. The molecule has 0 saturated carbocycles. The van der Waals surface area contributed by atoms with E-state index in [0.29, 0.717) is 44.3 Å². The molecule has 0 saturated heterocycles. The molecule has 0 aliphatic carbocycles. The topological polar surface area (TPSA) is 487 Å². The summed E-state index contributed by atoms with van der Waals surface area (Å²) in [6.07, 6.45) is -8.96. The molecule has 10 rings (SSSR count). The van der Waals surface area contributed by atoms with Crippen molar-refractivity contribution in [2.45, 2.75) is 38.0 Å². The summed E-state index contributed by atoms with van der Waals surface area (Å²) in [7, 11) is 0. The molecule has 29 N–H and O–H groups in total. The smallest absolute Gasteiger partial charge is 0.416 e. The Balaban J connectivity index is 0.000000203. The Hall–Kier alpha value is -13.5. The number of phenolic OH excluding ortho intramolecular Hbond substituents is 4. The van der Waals surface area contributed by atoms with E-state index in [1.54, 1.807) is 38.1 Å². The number of alkyl halides is 6. The van der Waals surface area contributed by atoms with Gasteiger partial charge >= 0.3 is 12.4 Å². The molecule has 538 valence electrons. The molecular weight excluding hydrogens is 1380 g/mol. The fraction of sp³-hybridized carbons (Fsp3) is 0.0714. The van der Waals surface area contributed by atoms with Gasteiger partial charge in [-0.3, -0.25) is 24.0 Å². The number of rotatable bonds is 10. The highest BCUT2D eigenvalue weighted by Crippen LogP contribution is 2.41. The second-order valence-electron chi connectivity index (χ2n) is 22.2. The lowest BCUT2D eigenvalue weighted by Crippen LogP contribution is -2.15. The predicted octanol–water partition coefficient (Wildman–Crippen LogP) is 12.9. The van der Waals surface area contributed by atoms with Crippen molar-refractivity contribution in [3.63, 3.8) is 0 Å². The molecule has 0 unspecified atom stereocenters. The SMILES string of the molecule is Cc1cc(N)c(O)c(NC(=O)c2ccc(C(F)(F)F)cc2)c1N.Cc1cc(N)c(O)c(NC(=O)c2ccc(F)cc2)c1N.Cc1ccc(C(=O)Nc2cc(N)c(N)cc2S)cc1.Nc1cc(N)c(O)c(NC(=O)c2ccc(C(F)(F)F)cc2)c1.Nc1cc(N)c(O)c(NC(=O)c2ccc(F)cc2)c1. The number of benzene rings is 10. The van der Waals surface area contributed by atoms with Crippen molar-refractivity contribution < 1.29 is 79.5 Å². The second-order valence-corrected chi connectivity index (χ2v) is 22.6. The number of thiol groups is 1. The maximum absolute atomic E-state index is 12.8. The van der Waals surface area contributed by atoms with Crippen molar-refractivity contribution in [1.82, 2.24) is 0 Å². The Morgan fingerprint density at radius 3 is 0.932 bits per heavy atom. The van der Waals surface area contributed by atoms with Crippen molar-refractivity contribution in [2.24, 2.45) is 0 Å². The molecule has 24 nitrogen and oxygen atoms in total. The van der Waals surface area contributed by atoms with Gasteiger partial charge in [0.15, 0.2) is 23.0 Å². The van der Waals surface area contributed by atoms with Gasteiger partial charge in [0.1, 0.15) is 23.0 Å². The van der Waals surface area contributed by atoms with Gasteiger partial charge in [0.25, 0.3) is 29.5 Å². The third-order valence-corrected chi connectivity index (χ3v) is 14.7. The molecule has 5 amide bonds. The average Bonchev–Trinajstić information content (AvgIpc) is 0.827. The summed E-state index contributed by atoms with van der Waals surface area (Å²) in [6, 6.07) is 36.1. The lowest BCUT2D eigenvalue weighted by Gasteiger charge is -2.14. The number of hydrogen-bond donors (Lipinski definition) is 20. The monoisotopic (exact) mass is 1450 g/mol. The van der Waals surface area contributed by atoms with Gasteiger partial charge in [0.2, 0.25) is 0 Å². The van der Waals surface area contributed by atoms with Gasteiger partial charge in [-0.2, -0.15) is 26.3 Å². The largest absolute Gasteiger partial charge is 0.504 e. The van der Waals surface area contributed by atoms with Crippen LogP contribution >= 0.6 is 12.6 Å². The normalized spacial score (nSPS) is 10.7. The first kappa shape index (κ1) is 78.5. The summed E-state index contributed by atoms with van der Waals surface area (Å²) >= 11 is 4.27. The Morgan fingerprint density at radius 2 is 0.612 bits per heavy atom. The number of nitrogens with one attached hydrogen (secondary N) is 5. The number of aromatic hydroxyl groups is 4. The van der Waals surface area contributed by atoms with Gasteiger partial charge < -0.3 is 104 Å². The number of amides is 5. The van der Waals surface area contributed by atoms with Gasteiger partial charge in [-0.25, -0.2) is 8.78 Å². The molecule has 0 atom stereocenters. The van der Waals surface area contributed by atoms with Gasteiger partial charge in [-0.15, -0.1) is 12.6 Å². The summed E-state index contributed by atoms with van der Waals surface area (Å²) in [5.41, 5.74) is 60.4. The minimum Gasteiger partial charge on any atom is -0.504 e. The van der Waals surface area contributed by atoms with E-state index in [1.807, 2.05) is 19.1 Å². The summed E-state index contributed by atoms with van der Waals surface area (Å²) in [6.45, 7) is 5.31. The van der Waals surface area contributed by atoms with E-state index in [-0.39, 0.29) is 108 Å². The fourth-order valence-corrected chi connectivity index (χ4v) is 8.97. The zero-order chi connectivity index (χ0) is 76.7. The van der Waals surface area contributed by atoms with E-state index < -0.39 is 64.5 Å². The molecule has 0 aliphatic rings. The van der Waals surface area contributed by atoms with Crippen LogP contribution in [0.4, 0.5) is 120 Å². The van der Waals surface area contributed by atoms with Crippen LogP contribution in [0.3, 0.4) is 0 Å². The zero-order valence-electron chi connectivity index (χ0n) is 54.2. The molecule has 10 aromatic carbocycles. The molecule has 0 aliphatic heterocycles. The highest BCUT2D eigenvalue weighted by Gasteiger charge is 2.32. The van der Waals surface area contributed by atoms with Crippen molar-refractivity contribution in [3.05, 3.63) is 237 Å². The Labute approximate surface area is 586 Å². The van der Waals surface area contributed by atoms with Gasteiger partial charge in [-0.1, -0.05) is 17.7 Å². The predicted molar refractivity (Wildman–Crippen MR) is 386 cm³/mol. The quantitative estimate of drug-likeness (QED) is 0.0199. The van der Waals surface area contributed by atoms with Crippen LogP contribution in [0.1, 0.15) is 79.6 Å². The molecule has 0 radical (unpaired) electrons. The number of aryl methyl sites for hydroxylation is 3. The van der Waals surface area contributed by atoms with Crippen LogP contribution in [0.25, 0.3) is 0 Å². The number of carbonyl (C=O) groups excluding carboxylic acids is 5. The molecular formula is C70H67F8N15O9S. The van der Waals surface area contributed by atoms with Gasteiger partial charge in [0, 0.05) is 44.1 Å². The standard InChI is InChI=1S/C15H14F3N3O2.C14H12F3N3O2.C14H14FN3O2.C14H15N3OS.C13H12FN3O2/c1-7-6-10(19)13(22)12(11(7)20)21-14(23)8-2-4-9(5-3-8)15(16,17)18;15-14(16,17)8-3-1-7(2-4-8)13(22)20-11-6-9(18)5-10(19)12(11)21;1-7-6-10(16)13(19)12(11(7)17)18-14(20)8-2-4-9(15)5-3-8;1-8-2-4-9(5-3-8)14(18)17-12-6-10(15)11(16)7-13(12)19;14-8-3-1-7(2-4-8)13(19)17-11-6-9(15)5-10(16)12(11)18/h2-6,22H,19-20H2,1H3,(H,21,23);1-6,21H,18-19H2,(H,20,22);2-6,19H,16-17H2,1H3,(H,18,20);2-7,19H,15-16H2,1H3,(H,17,18);1-6,18H,15-16H2,(H,17,19). The molecule has 0 heterocycles. The molecule has 0 aromatic heterocycles. The number of anilines is 15. The van der Waals surface area contributed by atoms with Crippen LogP contribution in [0, 0.1) is 32.4 Å². The van der Waals surface area contributed by atoms with E-state index in [9.17, 15) is 79.5 Å². The molecule has 10 aromatic rings. The van der Waals surface area contributed by atoms with Crippen molar-refractivity contribution >= 4 is 127 Å². The van der Waals surface area contributed by atoms with E-state index in [0.717, 1.165) is 54.1 Å². The van der Waals surface area contributed by atoms with E-state index in [4.69, 9.17) is 57.3 Å². The minimum atomic E-state index is -4.48. The van der Waals surface area contributed by atoms with Gasteiger partial charge in [0.05, 0.1) is 73.7 Å². The van der Waals surface area contributed by atoms with Crippen LogP contribution in [-0.2, 0) is 12.4 Å².